The molecule has 9 heteroatoms. The minimum Gasteiger partial charge on any atom is -0.496 e. The molecule has 206 valence electrons. The molecule has 3 aromatic rings. The van der Waals surface area contributed by atoms with E-state index in [2.05, 4.69) is 34.7 Å². The third kappa shape index (κ3) is 7.81. The van der Waals surface area contributed by atoms with Gasteiger partial charge in [-0.3, -0.25) is 14.4 Å². The molecule has 0 aliphatic rings. The number of anilines is 2. The zero-order valence-corrected chi connectivity index (χ0v) is 22.9. The van der Waals surface area contributed by atoms with Crippen molar-refractivity contribution < 1.29 is 23.9 Å². The first kappa shape index (κ1) is 29.2. The third-order valence-electron chi connectivity index (χ3n) is 6.30. The van der Waals surface area contributed by atoms with Crippen molar-refractivity contribution in [3.63, 3.8) is 0 Å². The van der Waals surface area contributed by atoms with Crippen LogP contribution in [-0.2, 0) is 0 Å². The van der Waals surface area contributed by atoms with Gasteiger partial charge in [0.25, 0.3) is 17.7 Å². The molecule has 3 rings (SSSR count). The lowest BCUT2D eigenvalue weighted by molar-refractivity contribution is 0.0952. The van der Waals surface area contributed by atoms with E-state index >= 15 is 0 Å². The van der Waals surface area contributed by atoms with Crippen molar-refractivity contribution in [3.05, 3.63) is 83.4 Å². The Balaban J connectivity index is 1.85. The van der Waals surface area contributed by atoms with Crippen molar-refractivity contribution in [1.82, 2.24) is 10.2 Å². The van der Waals surface area contributed by atoms with Gasteiger partial charge >= 0.3 is 0 Å². The Hall–Kier alpha value is -4.37. The predicted octanol–water partition coefficient (Wildman–Crippen LogP) is 4.67. The zero-order chi connectivity index (χ0) is 28.2. The van der Waals surface area contributed by atoms with Crippen molar-refractivity contribution in [2.45, 2.75) is 20.3 Å². The van der Waals surface area contributed by atoms with Gasteiger partial charge in [0.1, 0.15) is 11.5 Å². The highest BCUT2D eigenvalue weighted by molar-refractivity contribution is 6.11. The Morgan fingerprint density at radius 2 is 1.28 bits per heavy atom. The lowest BCUT2D eigenvalue weighted by Gasteiger charge is -2.18. The summed E-state index contributed by atoms with van der Waals surface area (Å²) in [4.78, 5) is 41.5. The molecule has 0 aliphatic heterocycles. The highest BCUT2D eigenvalue weighted by Gasteiger charge is 2.19. The van der Waals surface area contributed by atoms with Gasteiger partial charge in [-0.05, 0) is 68.5 Å². The summed E-state index contributed by atoms with van der Waals surface area (Å²) in [6, 6.07) is 18.4. The van der Waals surface area contributed by atoms with E-state index in [1.807, 2.05) is 0 Å². The normalized spacial score (nSPS) is 10.6. The second-order valence-electron chi connectivity index (χ2n) is 8.71. The fourth-order valence-corrected chi connectivity index (χ4v) is 4.12. The highest BCUT2D eigenvalue weighted by Crippen LogP contribution is 2.26. The Morgan fingerprint density at radius 1 is 0.718 bits per heavy atom. The average molecular weight is 533 g/mol. The van der Waals surface area contributed by atoms with Crippen LogP contribution in [0.5, 0.6) is 11.5 Å². The van der Waals surface area contributed by atoms with Crippen LogP contribution in [0.1, 0.15) is 51.3 Å². The zero-order valence-electron chi connectivity index (χ0n) is 22.9. The summed E-state index contributed by atoms with van der Waals surface area (Å²) in [6.07, 6.45) is 0.795. The first-order valence-electron chi connectivity index (χ1n) is 12.9. The van der Waals surface area contributed by atoms with Crippen molar-refractivity contribution >= 4 is 29.1 Å². The number of nitrogens with one attached hydrogen (secondary N) is 3. The van der Waals surface area contributed by atoms with E-state index in [1.54, 1.807) is 66.7 Å². The first-order valence-corrected chi connectivity index (χ1v) is 12.9. The molecular weight excluding hydrogens is 496 g/mol. The van der Waals surface area contributed by atoms with Crippen molar-refractivity contribution in [2.75, 3.05) is 51.0 Å². The van der Waals surface area contributed by atoms with E-state index in [-0.39, 0.29) is 23.1 Å². The van der Waals surface area contributed by atoms with Crippen molar-refractivity contribution in [1.29, 1.82) is 0 Å². The standard InChI is InChI=1S/C30H36N4O5/c1-5-34(6-2)19-11-18-31-28(35)22-17-16-21(32-29(36)23-12-7-9-14-26(23)38-3)20-25(22)33-30(37)24-13-8-10-15-27(24)39-4/h7-10,12-17,20H,5-6,11,18-19H2,1-4H3,(H,31,35)(H,32,36)(H,33,37). The van der Waals surface area contributed by atoms with Gasteiger partial charge in [0.05, 0.1) is 36.6 Å². The molecule has 39 heavy (non-hydrogen) atoms. The Kier molecular flexibility index (Phi) is 10.9. The number of methoxy groups -OCH3 is 2. The lowest BCUT2D eigenvalue weighted by Crippen LogP contribution is -2.30. The Bertz CT molecular complexity index is 1290. The molecular formula is C30H36N4O5. The molecule has 0 aliphatic carbocycles. The van der Waals surface area contributed by atoms with Crippen LogP contribution < -0.4 is 25.4 Å². The van der Waals surface area contributed by atoms with Gasteiger partial charge in [0.15, 0.2) is 0 Å². The number of para-hydroxylation sites is 2. The maximum atomic E-state index is 13.2. The molecule has 3 N–H and O–H groups in total. The number of carbonyl (C=O) groups is 3. The summed E-state index contributed by atoms with van der Waals surface area (Å²) < 4.78 is 10.6. The molecule has 0 saturated carbocycles. The maximum absolute atomic E-state index is 13.2. The topological polar surface area (TPSA) is 109 Å². The largest absolute Gasteiger partial charge is 0.496 e. The summed E-state index contributed by atoms with van der Waals surface area (Å²) in [5, 5.41) is 8.58. The Morgan fingerprint density at radius 3 is 1.85 bits per heavy atom. The Labute approximate surface area is 229 Å². The molecule has 0 aromatic heterocycles. The molecule has 0 fully saturated rings. The van der Waals surface area contributed by atoms with E-state index in [0.717, 1.165) is 26.1 Å². The van der Waals surface area contributed by atoms with Crippen LogP contribution in [0, 0.1) is 0 Å². The minimum atomic E-state index is -0.448. The van der Waals surface area contributed by atoms with Gasteiger partial charge in [0.2, 0.25) is 0 Å². The van der Waals surface area contributed by atoms with E-state index < -0.39 is 5.91 Å². The second-order valence-corrected chi connectivity index (χ2v) is 8.71. The number of ether oxygens (including phenoxy) is 2. The third-order valence-corrected chi connectivity index (χ3v) is 6.30. The van der Waals surface area contributed by atoms with Gasteiger partial charge in [-0.15, -0.1) is 0 Å². The molecule has 0 saturated heterocycles. The quantitative estimate of drug-likeness (QED) is 0.276. The van der Waals surface area contributed by atoms with Gasteiger partial charge < -0.3 is 30.3 Å². The average Bonchev–Trinajstić information content (AvgIpc) is 2.97. The number of rotatable bonds is 13. The smallest absolute Gasteiger partial charge is 0.259 e. The number of benzene rings is 3. The molecule has 0 unspecified atom stereocenters. The van der Waals surface area contributed by atoms with Crippen LogP contribution in [0.4, 0.5) is 11.4 Å². The summed E-state index contributed by atoms with van der Waals surface area (Å²) in [7, 11) is 2.98. The fraction of sp³-hybridized carbons (Fsp3) is 0.300. The molecule has 0 radical (unpaired) electrons. The van der Waals surface area contributed by atoms with Crippen LogP contribution >= 0.6 is 0 Å². The summed E-state index contributed by atoms with van der Waals surface area (Å²) in [6.45, 7) is 7.47. The summed E-state index contributed by atoms with van der Waals surface area (Å²) in [5.41, 5.74) is 1.60. The van der Waals surface area contributed by atoms with Gasteiger partial charge in [-0.1, -0.05) is 38.1 Å². The van der Waals surface area contributed by atoms with E-state index in [4.69, 9.17) is 9.47 Å². The van der Waals surface area contributed by atoms with Gasteiger partial charge in [0, 0.05) is 12.2 Å². The van der Waals surface area contributed by atoms with E-state index in [9.17, 15) is 14.4 Å². The first-order chi connectivity index (χ1) is 18.9. The second kappa shape index (κ2) is 14.5. The van der Waals surface area contributed by atoms with Gasteiger partial charge in [-0.25, -0.2) is 0 Å². The molecule has 0 heterocycles. The number of nitrogens with zero attached hydrogens (tertiary/aromatic N) is 1. The SMILES string of the molecule is CCN(CC)CCCNC(=O)c1ccc(NC(=O)c2ccccc2OC)cc1NC(=O)c1ccccc1OC. The number of amides is 3. The fourth-order valence-electron chi connectivity index (χ4n) is 4.12. The van der Waals surface area contributed by atoms with Crippen LogP contribution in [0.15, 0.2) is 66.7 Å². The molecule has 0 atom stereocenters. The van der Waals surface area contributed by atoms with Crippen LogP contribution in [0.2, 0.25) is 0 Å². The van der Waals surface area contributed by atoms with Gasteiger partial charge in [-0.2, -0.15) is 0 Å². The van der Waals surface area contributed by atoms with Crippen LogP contribution in [0.3, 0.4) is 0 Å². The number of carbonyl (C=O) groups excluding carboxylic acids is 3. The monoisotopic (exact) mass is 532 g/mol. The number of hydrogen-bond donors (Lipinski definition) is 3. The molecule has 3 aromatic carbocycles. The lowest BCUT2D eigenvalue weighted by atomic mass is 10.1. The van der Waals surface area contributed by atoms with Crippen molar-refractivity contribution in [3.8, 4) is 11.5 Å². The van der Waals surface area contributed by atoms with Crippen molar-refractivity contribution in [2.24, 2.45) is 0 Å². The van der Waals surface area contributed by atoms with E-state index in [0.29, 0.717) is 34.9 Å². The molecule has 3 amide bonds. The minimum absolute atomic E-state index is 0.255. The molecule has 0 spiro atoms. The summed E-state index contributed by atoms with van der Waals surface area (Å²) >= 11 is 0. The van der Waals surface area contributed by atoms with E-state index in [1.165, 1.54) is 14.2 Å². The van der Waals surface area contributed by atoms with Crippen LogP contribution in [-0.4, -0.2) is 63.0 Å². The maximum Gasteiger partial charge on any atom is 0.259 e. The molecule has 0 bridgehead atoms. The number of hydrogen-bond acceptors (Lipinski definition) is 6. The van der Waals surface area contributed by atoms with Crippen LogP contribution in [0.25, 0.3) is 0 Å². The summed E-state index contributed by atoms with van der Waals surface area (Å²) in [5.74, 6) is -0.329. The molecule has 9 nitrogen and oxygen atoms in total. The predicted molar refractivity (Wildman–Crippen MR) is 153 cm³/mol. The highest BCUT2D eigenvalue weighted by atomic mass is 16.5.